The van der Waals surface area contributed by atoms with Crippen molar-refractivity contribution in [3.05, 3.63) is 0 Å². The molecule has 0 spiro atoms. The standard InChI is InChI=1S/C9H17N3O2/c1-5-3-7(5)9(13)11-4-6(2)8(10)12-14/h5-7,14H,3-4H2,1-2H3,(H2,10,12)(H,11,13). The van der Waals surface area contributed by atoms with Gasteiger partial charge >= 0.3 is 0 Å². The monoisotopic (exact) mass is 199 g/mol. The minimum absolute atomic E-state index is 0.0788. The van der Waals surface area contributed by atoms with Crippen LogP contribution in [0.1, 0.15) is 20.3 Å². The van der Waals surface area contributed by atoms with E-state index in [1.165, 1.54) is 0 Å². The van der Waals surface area contributed by atoms with Crippen molar-refractivity contribution in [3.63, 3.8) is 0 Å². The number of amides is 1. The maximum atomic E-state index is 11.4. The van der Waals surface area contributed by atoms with Gasteiger partial charge in [0.1, 0.15) is 5.84 Å². The summed E-state index contributed by atoms with van der Waals surface area (Å²) in [5.74, 6) is 0.783. The molecule has 0 radical (unpaired) electrons. The Morgan fingerprint density at radius 2 is 2.36 bits per heavy atom. The molecule has 1 fully saturated rings. The zero-order valence-electron chi connectivity index (χ0n) is 8.53. The number of carbonyl (C=O) groups is 1. The molecule has 4 N–H and O–H groups in total. The van der Waals surface area contributed by atoms with E-state index in [4.69, 9.17) is 10.9 Å². The summed E-state index contributed by atoms with van der Waals surface area (Å²) in [6.07, 6.45) is 0.976. The lowest BCUT2D eigenvalue weighted by Gasteiger charge is -2.10. The normalized spacial score (nSPS) is 28.3. The minimum Gasteiger partial charge on any atom is -0.409 e. The van der Waals surface area contributed by atoms with Gasteiger partial charge in [0.25, 0.3) is 0 Å². The van der Waals surface area contributed by atoms with Gasteiger partial charge in [-0.05, 0) is 12.3 Å². The summed E-state index contributed by atoms with van der Waals surface area (Å²) in [6, 6.07) is 0. The van der Waals surface area contributed by atoms with Crippen LogP contribution in [-0.4, -0.2) is 23.5 Å². The van der Waals surface area contributed by atoms with Crippen LogP contribution < -0.4 is 11.1 Å². The maximum Gasteiger partial charge on any atom is 0.223 e. The fourth-order valence-corrected chi connectivity index (χ4v) is 1.28. The van der Waals surface area contributed by atoms with Gasteiger partial charge in [0.05, 0.1) is 0 Å². The van der Waals surface area contributed by atoms with Gasteiger partial charge in [-0.25, -0.2) is 0 Å². The molecule has 1 aliphatic rings. The van der Waals surface area contributed by atoms with E-state index < -0.39 is 0 Å². The number of carbonyl (C=O) groups excluding carboxylic acids is 1. The summed E-state index contributed by atoms with van der Waals surface area (Å²) >= 11 is 0. The van der Waals surface area contributed by atoms with Crippen molar-refractivity contribution in [3.8, 4) is 0 Å². The highest BCUT2D eigenvalue weighted by atomic mass is 16.4. The number of rotatable bonds is 4. The number of amidine groups is 1. The van der Waals surface area contributed by atoms with Gasteiger partial charge in [-0.3, -0.25) is 4.79 Å². The average molecular weight is 199 g/mol. The lowest BCUT2D eigenvalue weighted by molar-refractivity contribution is -0.122. The second-order valence-corrected chi connectivity index (χ2v) is 3.99. The molecule has 0 saturated heterocycles. The van der Waals surface area contributed by atoms with E-state index in [0.717, 1.165) is 6.42 Å². The van der Waals surface area contributed by atoms with Crippen LogP contribution in [0.2, 0.25) is 0 Å². The van der Waals surface area contributed by atoms with E-state index in [0.29, 0.717) is 12.5 Å². The van der Waals surface area contributed by atoms with Crippen LogP contribution in [0.15, 0.2) is 5.16 Å². The highest BCUT2D eigenvalue weighted by molar-refractivity contribution is 5.84. The van der Waals surface area contributed by atoms with Gasteiger partial charge < -0.3 is 16.3 Å². The molecule has 1 saturated carbocycles. The molecule has 1 amide bonds. The van der Waals surface area contributed by atoms with Gasteiger partial charge in [0.15, 0.2) is 0 Å². The Hall–Kier alpha value is -1.26. The van der Waals surface area contributed by atoms with Crippen molar-refractivity contribution in [2.45, 2.75) is 20.3 Å². The molecule has 1 rings (SSSR count). The Balaban J connectivity index is 2.23. The van der Waals surface area contributed by atoms with Crippen LogP contribution in [0.25, 0.3) is 0 Å². The molecular weight excluding hydrogens is 182 g/mol. The van der Waals surface area contributed by atoms with Crippen LogP contribution in [0.4, 0.5) is 0 Å². The number of nitrogens with two attached hydrogens (primary N) is 1. The van der Waals surface area contributed by atoms with E-state index in [9.17, 15) is 4.79 Å². The lowest BCUT2D eigenvalue weighted by atomic mass is 10.1. The second kappa shape index (κ2) is 4.30. The van der Waals surface area contributed by atoms with E-state index >= 15 is 0 Å². The lowest BCUT2D eigenvalue weighted by Crippen LogP contribution is -2.35. The van der Waals surface area contributed by atoms with Crippen LogP contribution in [-0.2, 0) is 4.79 Å². The first kappa shape index (κ1) is 10.8. The van der Waals surface area contributed by atoms with Crippen molar-refractivity contribution < 1.29 is 10.0 Å². The number of hydrogen-bond donors (Lipinski definition) is 3. The third-order valence-electron chi connectivity index (χ3n) is 2.65. The number of hydrogen-bond acceptors (Lipinski definition) is 3. The Morgan fingerprint density at radius 1 is 1.79 bits per heavy atom. The van der Waals surface area contributed by atoms with E-state index in [-0.39, 0.29) is 23.6 Å². The average Bonchev–Trinajstić information content (AvgIpc) is 2.90. The van der Waals surface area contributed by atoms with Crippen LogP contribution >= 0.6 is 0 Å². The summed E-state index contributed by atoms with van der Waals surface area (Å²) in [5, 5.41) is 14.0. The first-order chi connectivity index (χ1) is 6.56. The Morgan fingerprint density at radius 3 is 2.79 bits per heavy atom. The smallest absolute Gasteiger partial charge is 0.223 e. The Labute approximate surface area is 83.3 Å². The van der Waals surface area contributed by atoms with E-state index in [2.05, 4.69) is 17.4 Å². The van der Waals surface area contributed by atoms with Gasteiger partial charge in [0.2, 0.25) is 5.91 Å². The quantitative estimate of drug-likeness (QED) is 0.260. The molecule has 0 bridgehead atoms. The molecule has 0 aliphatic heterocycles. The molecule has 0 heterocycles. The summed E-state index contributed by atoms with van der Waals surface area (Å²) in [4.78, 5) is 11.4. The van der Waals surface area contributed by atoms with Gasteiger partial charge in [-0.15, -0.1) is 0 Å². The highest BCUT2D eigenvalue weighted by Gasteiger charge is 2.38. The predicted molar refractivity (Wildman–Crippen MR) is 52.9 cm³/mol. The molecule has 0 aromatic rings. The number of nitrogens with zero attached hydrogens (tertiary/aromatic N) is 1. The zero-order chi connectivity index (χ0) is 10.7. The van der Waals surface area contributed by atoms with E-state index in [1.54, 1.807) is 6.92 Å². The van der Waals surface area contributed by atoms with Crippen LogP contribution in [0.5, 0.6) is 0 Å². The summed E-state index contributed by atoms with van der Waals surface area (Å²) in [5.41, 5.74) is 5.37. The minimum atomic E-state index is -0.127. The van der Waals surface area contributed by atoms with Gasteiger partial charge in [-0.1, -0.05) is 19.0 Å². The van der Waals surface area contributed by atoms with Crippen LogP contribution in [0.3, 0.4) is 0 Å². The summed E-state index contributed by atoms with van der Waals surface area (Å²) in [7, 11) is 0. The molecular formula is C9H17N3O2. The van der Waals surface area contributed by atoms with Gasteiger partial charge in [0, 0.05) is 18.4 Å². The third-order valence-corrected chi connectivity index (χ3v) is 2.65. The number of nitrogens with one attached hydrogen (secondary N) is 1. The van der Waals surface area contributed by atoms with Crippen molar-refractivity contribution >= 4 is 11.7 Å². The first-order valence-corrected chi connectivity index (χ1v) is 4.81. The molecule has 5 heteroatoms. The SMILES string of the molecule is CC(CNC(=O)C1CC1C)C(N)=NO. The zero-order valence-corrected chi connectivity index (χ0v) is 8.53. The Kier molecular flexibility index (Phi) is 3.33. The number of oxime groups is 1. The molecule has 14 heavy (non-hydrogen) atoms. The highest BCUT2D eigenvalue weighted by Crippen LogP contribution is 2.37. The third kappa shape index (κ3) is 2.61. The van der Waals surface area contributed by atoms with Crippen LogP contribution in [0, 0.1) is 17.8 Å². The van der Waals surface area contributed by atoms with Crippen molar-refractivity contribution in [1.29, 1.82) is 0 Å². The molecule has 3 atom stereocenters. The first-order valence-electron chi connectivity index (χ1n) is 4.81. The fraction of sp³-hybridized carbons (Fsp3) is 0.778. The molecule has 3 unspecified atom stereocenters. The van der Waals surface area contributed by atoms with E-state index in [1.807, 2.05) is 0 Å². The van der Waals surface area contributed by atoms with Crippen molar-refractivity contribution in [2.24, 2.45) is 28.6 Å². The largest absolute Gasteiger partial charge is 0.409 e. The fourth-order valence-electron chi connectivity index (χ4n) is 1.28. The maximum absolute atomic E-state index is 11.4. The second-order valence-electron chi connectivity index (χ2n) is 3.99. The predicted octanol–water partition coefficient (Wildman–Crippen LogP) is 0.141. The molecule has 0 aromatic carbocycles. The Bertz CT molecular complexity index is 252. The van der Waals surface area contributed by atoms with Gasteiger partial charge in [-0.2, -0.15) is 0 Å². The molecule has 80 valence electrons. The molecule has 0 aromatic heterocycles. The van der Waals surface area contributed by atoms with Crippen molar-refractivity contribution in [1.82, 2.24) is 5.32 Å². The van der Waals surface area contributed by atoms with Crippen molar-refractivity contribution in [2.75, 3.05) is 6.54 Å². The summed E-state index contributed by atoms with van der Waals surface area (Å²) < 4.78 is 0. The molecule has 1 aliphatic carbocycles. The topological polar surface area (TPSA) is 87.7 Å². The molecule has 5 nitrogen and oxygen atoms in total. The summed E-state index contributed by atoms with van der Waals surface area (Å²) in [6.45, 7) is 4.28.